The Morgan fingerprint density at radius 3 is 2.26 bits per heavy atom. The van der Waals surface area contributed by atoms with Crippen molar-refractivity contribution in [2.45, 2.75) is 38.0 Å². The molecule has 27 heavy (non-hydrogen) atoms. The molecule has 2 aromatic rings. The number of benzene rings is 1. The Labute approximate surface area is 152 Å². The van der Waals surface area contributed by atoms with Crippen LogP contribution >= 0.6 is 0 Å². The fourth-order valence-corrected chi connectivity index (χ4v) is 3.19. The predicted molar refractivity (Wildman–Crippen MR) is 93.9 cm³/mol. The van der Waals surface area contributed by atoms with Crippen LogP contribution in [0.15, 0.2) is 41.3 Å². The lowest BCUT2D eigenvalue weighted by Gasteiger charge is -2.49. The van der Waals surface area contributed by atoms with Crippen molar-refractivity contribution >= 4 is 11.4 Å². The molecule has 10 nitrogen and oxygen atoms in total. The number of nitrogens with zero attached hydrogens (tertiary/aromatic N) is 3. The standard InChI is InChI=1S/C17H17N3O7/c1-16(2)17(3,22)15(18-9-11(20(25)26)5-7-14(18)21)12-8-10(19(23)24)4-6-13(12)27-16/h4-9,15,22H,1-3H3. The van der Waals surface area contributed by atoms with Crippen LogP contribution in [0.25, 0.3) is 0 Å². The van der Waals surface area contributed by atoms with E-state index in [0.717, 1.165) is 22.9 Å². The van der Waals surface area contributed by atoms with Crippen LogP contribution in [0.2, 0.25) is 0 Å². The van der Waals surface area contributed by atoms with Crippen LogP contribution < -0.4 is 10.3 Å². The van der Waals surface area contributed by atoms with E-state index in [1.807, 2.05) is 0 Å². The number of ether oxygens (including phenoxy) is 1. The molecule has 0 amide bonds. The maximum atomic E-state index is 12.5. The van der Waals surface area contributed by atoms with E-state index >= 15 is 0 Å². The van der Waals surface area contributed by atoms with Crippen molar-refractivity contribution in [3.05, 3.63) is 72.7 Å². The molecule has 142 valence electrons. The lowest BCUT2D eigenvalue weighted by atomic mass is 9.75. The average molecular weight is 375 g/mol. The highest BCUT2D eigenvalue weighted by Crippen LogP contribution is 2.48. The summed E-state index contributed by atoms with van der Waals surface area (Å²) in [7, 11) is 0. The molecule has 0 aliphatic carbocycles. The number of rotatable bonds is 3. The van der Waals surface area contributed by atoms with Gasteiger partial charge < -0.3 is 9.84 Å². The molecule has 1 N–H and O–H groups in total. The van der Waals surface area contributed by atoms with Crippen LogP contribution in [0, 0.1) is 20.2 Å². The quantitative estimate of drug-likeness (QED) is 0.641. The lowest BCUT2D eigenvalue weighted by Crippen LogP contribution is -2.60. The van der Waals surface area contributed by atoms with Crippen LogP contribution in [0.3, 0.4) is 0 Å². The normalized spacial score (nSPS) is 23.2. The van der Waals surface area contributed by atoms with Gasteiger partial charge in [0.25, 0.3) is 16.9 Å². The zero-order valence-electron chi connectivity index (χ0n) is 14.8. The summed E-state index contributed by atoms with van der Waals surface area (Å²) in [6.45, 7) is 4.63. The summed E-state index contributed by atoms with van der Waals surface area (Å²) >= 11 is 0. The SMILES string of the molecule is CC1(C)Oc2ccc([N+](=O)[O-])cc2C(n2cc([N+](=O)[O-])ccc2=O)C1(C)O. The molecule has 2 heterocycles. The molecular weight excluding hydrogens is 358 g/mol. The van der Waals surface area contributed by atoms with Crippen LogP contribution in [-0.4, -0.2) is 30.7 Å². The van der Waals surface area contributed by atoms with Gasteiger partial charge in [0.15, 0.2) is 0 Å². The fraction of sp³-hybridized carbons (Fsp3) is 0.353. The second-order valence-electron chi connectivity index (χ2n) is 7.03. The van der Waals surface area contributed by atoms with Crippen LogP contribution in [0.1, 0.15) is 32.4 Å². The molecule has 0 fully saturated rings. The van der Waals surface area contributed by atoms with Crippen molar-refractivity contribution < 1.29 is 19.7 Å². The zero-order valence-corrected chi connectivity index (χ0v) is 14.8. The average Bonchev–Trinajstić information content (AvgIpc) is 2.56. The first-order chi connectivity index (χ1) is 12.5. The van der Waals surface area contributed by atoms with E-state index in [0.29, 0.717) is 0 Å². The van der Waals surface area contributed by atoms with Crippen LogP contribution in [0.4, 0.5) is 11.4 Å². The second-order valence-corrected chi connectivity index (χ2v) is 7.03. The molecule has 0 saturated heterocycles. The number of nitro groups is 2. The molecule has 0 saturated carbocycles. The first-order valence-electron chi connectivity index (χ1n) is 8.02. The molecular formula is C17H17N3O7. The van der Waals surface area contributed by atoms with Gasteiger partial charge in [-0.15, -0.1) is 0 Å². The molecule has 0 radical (unpaired) electrons. The van der Waals surface area contributed by atoms with E-state index < -0.39 is 32.6 Å². The van der Waals surface area contributed by atoms with E-state index in [1.54, 1.807) is 13.8 Å². The van der Waals surface area contributed by atoms with Crippen LogP contribution in [-0.2, 0) is 0 Å². The van der Waals surface area contributed by atoms with Crippen LogP contribution in [0.5, 0.6) is 5.75 Å². The first kappa shape index (κ1) is 18.5. The van der Waals surface area contributed by atoms with E-state index in [4.69, 9.17) is 4.74 Å². The largest absolute Gasteiger partial charge is 0.484 e. The summed E-state index contributed by atoms with van der Waals surface area (Å²) in [4.78, 5) is 33.5. The third-order valence-corrected chi connectivity index (χ3v) is 5.03. The molecule has 10 heteroatoms. The highest BCUT2D eigenvalue weighted by Gasteiger charge is 2.54. The van der Waals surface area contributed by atoms with E-state index in [-0.39, 0.29) is 22.7 Å². The van der Waals surface area contributed by atoms with Crippen molar-refractivity contribution in [1.82, 2.24) is 4.57 Å². The highest BCUT2D eigenvalue weighted by atomic mass is 16.6. The summed E-state index contributed by atoms with van der Waals surface area (Å²) in [6, 6.07) is 4.79. The van der Waals surface area contributed by atoms with Gasteiger partial charge in [-0.25, -0.2) is 0 Å². The molecule has 0 bridgehead atoms. The topological polar surface area (TPSA) is 138 Å². The molecule has 1 aromatic carbocycles. The minimum absolute atomic E-state index is 0.191. The number of nitro benzene ring substituents is 1. The Kier molecular flexibility index (Phi) is 4.03. The number of fused-ring (bicyclic) bond motifs is 1. The Balaban J connectivity index is 2.35. The molecule has 2 unspecified atom stereocenters. The molecule has 1 aliphatic rings. The maximum Gasteiger partial charge on any atom is 0.285 e. The molecule has 1 aromatic heterocycles. The Morgan fingerprint density at radius 1 is 1.07 bits per heavy atom. The van der Waals surface area contributed by atoms with Gasteiger partial charge in [0, 0.05) is 29.8 Å². The Hall–Kier alpha value is -3.27. The third kappa shape index (κ3) is 2.83. The first-order valence-corrected chi connectivity index (χ1v) is 8.02. The maximum absolute atomic E-state index is 12.5. The van der Waals surface area contributed by atoms with E-state index in [1.165, 1.54) is 25.1 Å². The molecule has 0 spiro atoms. The molecule has 1 aliphatic heterocycles. The van der Waals surface area contributed by atoms with Gasteiger partial charge in [-0.1, -0.05) is 0 Å². The summed E-state index contributed by atoms with van der Waals surface area (Å²) in [5, 5.41) is 33.5. The molecule has 2 atom stereocenters. The number of hydrogen-bond donors (Lipinski definition) is 1. The number of hydrogen-bond acceptors (Lipinski definition) is 7. The van der Waals surface area contributed by atoms with Gasteiger partial charge >= 0.3 is 0 Å². The van der Waals surface area contributed by atoms with Crippen molar-refractivity contribution in [3.8, 4) is 5.75 Å². The van der Waals surface area contributed by atoms with Crippen molar-refractivity contribution in [1.29, 1.82) is 0 Å². The number of aliphatic hydroxyl groups is 1. The minimum atomic E-state index is -1.71. The molecule has 3 rings (SSSR count). The summed E-state index contributed by atoms with van der Waals surface area (Å²) in [5.41, 5.74) is -3.91. The number of pyridine rings is 1. The van der Waals surface area contributed by atoms with Crippen molar-refractivity contribution in [2.24, 2.45) is 0 Å². The third-order valence-electron chi connectivity index (χ3n) is 5.03. The summed E-state index contributed by atoms with van der Waals surface area (Å²) in [6.07, 6.45) is 1.02. The van der Waals surface area contributed by atoms with Crippen molar-refractivity contribution in [2.75, 3.05) is 0 Å². The smallest absolute Gasteiger partial charge is 0.285 e. The van der Waals surface area contributed by atoms with Crippen molar-refractivity contribution in [3.63, 3.8) is 0 Å². The fourth-order valence-electron chi connectivity index (χ4n) is 3.19. The van der Waals surface area contributed by atoms with E-state index in [2.05, 4.69) is 0 Å². The lowest BCUT2D eigenvalue weighted by molar-refractivity contribution is -0.385. The van der Waals surface area contributed by atoms with Gasteiger partial charge in [0.1, 0.15) is 17.0 Å². The number of aromatic nitrogens is 1. The number of non-ortho nitro benzene ring substituents is 1. The van der Waals surface area contributed by atoms with Gasteiger partial charge in [0.05, 0.1) is 22.1 Å². The van der Waals surface area contributed by atoms with Gasteiger partial charge in [-0.05, 0) is 26.8 Å². The van der Waals surface area contributed by atoms with Gasteiger partial charge in [0.2, 0.25) is 0 Å². The summed E-state index contributed by atoms with van der Waals surface area (Å²) < 4.78 is 6.84. The highest BCUT2D eigenvalue weighted by molar-refractivity contribution is 5.49. The summed E-state index contributed by atoms with van der Waals surface area (Å²) in [5.74, 6) is 0.250. The van der Waals surface area contributed by atoms with Gasteiger partial charge in [-0.2, -0.15) is 0 Å². The zero-order chi connectivity index (χ0) is 20.1. The van der Waals surface area contributed by atoms with Gasteiger partial charge in [-0.3, -0.25) is 29.6 Å². The van der Waals surface area contributed by atoms with E-state index in [9.17, 15) is 30.1 Å². The predicted octanol–water partition coefficient (Wildman–Crippen LogP) is 2.18. The second kappa shape index (κ2) is 5.88. The monoisotopic (exact) mass is 375 g/mol. The Morgan fingerprint density at radius 2 is 1.67 bits per heavy atom. The Bertz CT molecular complexity index is 1010. The minimum Gasteiger partial charge on any atom is -0.484 e.